The van der Waals surface area contributed by atoms with Gasteiger partial charge in [-0.2, -0.15) is 0 Å². The maximum Gasteiger partial charge on any atom is 0.311 e. The molecule has 18 atom stereocenters. The van der Waals surface area contributed by atoms with Crippen LogP contribution in [0.4, 0.5) is 11.4 Å². The molecule has 0 unspecified atom stereocenters. The van der Waals surface area contributed by atoms with Crippen LogP contribution in [0.25, 0.3) is 0 Å². The highest BCUT2D eigenvalue weighted by Crippen LogP contribution is 2.40. The molecule has 0 saturated carbocycles. The topological polar surface area (TPSA) is 257 Å². The summed E-state index contributed by atoms with van der Waals surface area (Å²) in [4.78, 5) is 29.3. The predicted molar refractivity (Wildman–Crippen MR) is 262 cm³/mol. The average Bonchev–Trinajstić information content (AvgIpc) is 3.28. The molecule has 3 saturated heterocycles. The molecular formula is C48H83N5O15S. The minimum atomic E-state index is -1.94. The Morgan fingerprint density at radius 3 is 2.28 bits per heavy atom. The maximum absolute atomic E-state index is 14.6. The van der Waals surface area contributed by atoms with E-state index in [2.05, 4.69) is 10.6 Å². The zero-order chi connectivity index (χ0) is 51.9. The number of aliphatic hydroxyl groups excluding tert-OH is 3. The lowest BCUT2D eigenvalue weighted by Gasteiger charge is -2.48. The van der Waals surface area contributed by atoms with E-state index in [1.54, 1.807) is 48.5 Å². The Labute approximate surface area is 413 Å². The van der Waals surface area contributed by atoms with Crippen LogP contribution in [0.5, 0.6) is 5.75 Å². The number of nitrogens with one attached hydrogen (secondary N) is 2. The van der Waals surface area contributed by atoms with Gasteiger partial charge in [0.1, 0.15) is 35.8 Å². The molecule has 3 aliphatic rings. The van der Waals surface area contributed by atoms with Gasteiger partial charge >= 0.3 is 5.97 Å². The lowest BCUT2D eigenvalue weighted by molar-refractivity contribution is -0.384. The fourth-order valence-electron chi connectivity index (χ4n) is 10.4. The second-order valence-corrected chi connectivity index (χ2v) is 21.0. The van der Waals surface area contributed by atoms with E-state index in [0.29, 0.717) is 38.2 Å². The SMILES string of the molecule is CC[C@H]1OC(=O)[C@H](C)[C@@H](O[C@H]2C[C@@](C)(OC)[C@@H](O)[C@H](C)O2)[C@H](C)[C@@H](O[C@@H]2O[C@H](C)C[C@H](N(C)C)[C@H]2O)[C@](C)(O)C[C@@H](C)CN(CCCNC(=S)Nc2ccc([N+](=O)[O-])cc2OC)[C@H](C)[C@@H](O)[C@]1(C)O. The number of carbonyl (C=O) groups excluding carboxylic acids is 1. The summed E-state index contributed by atoms with van der Waals surface area (Å²) in [5.41, 5.74) is -4.39. The van der Waals surface area contributed by atoms with Crippen molar-refractivity contribution in [2.75, 3.05) is 53.3 Å². The molecule has 7 N–H and O–H groups in total. The molecule has 0 spiro atoms. The van der Waals surface area contributed by atoms with Crippen molar-refractivity contribution in [1.82, 2.24) is 15.1 Å². The van der Waals surface area contributed by atoms with Gasteiger partial charge in [-0.25, -0.2) is 0 Å². The van der Waals surface area contributed by atoms with Crippen LogP contribution in [-0.4, -0.2) is 190 Å². The number of hydrogen-bond donors (Lipinski definition) is 7. The van der Waals surface area contributed by atoms with Crippen molar-refractivity contribution in [3.8, 4) is 5.75 Å². The molecule has 0 aromatic heterocycles. The van der Waals surface area contributed by atoms with Gasteiger partial charge in [-0.05, 0) is 112 Å². The Kier molecular flexibility index (Phi) is 21.0. The second kappa shape index (κ2) is 24.7. The molecular weight excluding hydrogens is 919 g/mol. The highest BCUT2D eigenvalue weighted by Gasteiger charge is 2.53. The molecule has 69 heavy (non-hydrogen) atoms. The number of thiocarbonyl (C=S) groups is 1. The number of non-ortho nitro benzene ring substituents is 1. The molecule has 396 valence electrons. The third-order valence-electron chi connectivity index (χ3n) is 14.6. The van der Waals surface area contributed by atoms with E-state index in [4.69, 9.17) is 45.4 Å². The van der Waals surface area contributed by atoms with E-state index in [0.717, 1.165) is 0 Å². The van der Waals surface area contributed by atoms with Crippen molar-refractivity contribution in [1.29, 1.82) is 0 Å². The number of methoxy groups -OCH3 is 2. The number of hydrogen-bond acceptors (Lipinski definition) is 18. The first-order chi connectivity index (χ1) is 32.1. The smallest absolute Gasteiger partial charge is 0.311 e. The first-order valence-electron chi connectivity index (χ1n) is 24.3. The predicted octanol–water partition coefficient (Wildman–Crippen LogP) is 3.56. The molecule has 4 rings (SSSR count). The molecule has 3 heterocycles. The summed E-state index contributed by atoms with van der Waals surface area (Å²) >= 11 is 5.55. The summed E-state index contributed by atoms with van der Waals surface area (Å²) in [6, 6.07) is 3.10. The number of benzene rings is 1. The Morgan fingerprint density at radius 2 is 1.68 bits per heavy atom. The number of nitro benzene ring substituents is 1. The molecule has 21 heteroatoms. The third kappa shape index (κ3) is 14.4. The highest BCUT2D eigenvalue weighted by atomic mass is 32.1. The van der Waals surface area contributed by atoms with Gasteiger partial charge in [-0.3, -0.25) is 19.8 Å². The number of nitro groups is 1. The third-order valence-corrected chi connectivity index (χ3v) is 14.8. The Bertz CT molecular complexity index is 1850. The number of anilines is 1. The van der Waals surface area contributed by atoms with Gasteiger partial charge in [-0.15, -0.1) is 0 Å². The minimum Gasteiger partial charge on any atom is -0.494 e. The number of carbonyl (C=O) groups is 1. The van der Waals surface area contributed by atoms with Crippen LogP contribution in [0.2, 0.25) is 0 Å². The lowest BCUT2D eigenvalue weighted by atomic mass is 9.77. The van der Waals surface area contributed by atoms with Crippen molar-refractivity contribution in [3.63, 3.8) is 0 Å². The lowest BCUT2D eigenvalue weighted by Crippen LogP contribution is -2.60. The summed E-state index contributed by atoms with van der Waals surface area (Å²) in [7, 11) is 6.63. The van der Waals surface area contributed by atoms with Gasteiger partial charge in [-0.1, -0.05) is 20.8 Å². The van der Waals surface area contributed by atoms with E-state index in [1.165, 1.54) is 39.3 Å². The number of esters is 1. The van der Waals surface area contributed by atoms with Crippen LogP contribution in [0, 0.1) is 27.9 Å². The van der Waals surface area contributed by atoms with Gasteiger partial charge in [0, 0.05) is 57.2 Å². The first kappa shape index (κ1) is 58.7. The largest absolute Gasteiger partial charge is 0.494 e. The number of nitrogens with zero attached hydrogens (tertiary/aromatic N) is 3. The summed E-state index contributed by atoms with van der Waals surface area (Å²) in [5.74, 6) is -2.71. The van der Waals surface area contributed by atoms with Crippen molar-refractivity contribution in [2.24, 2.45) is 17.8 Å². The Hall–Kier alpha value is -2.90. The van der Waals surface area contributed by atoms with Gasteiger partial charge in [0.05, 0.1) is 65.3 Å². The number of likely N-dealkylation sites (N-methyl/N-ethyl adjacent to an activating group) is 1. The van der Waals surface area contributed by atoms with Crippen LogP contribution in [0.3, 0.4) is 0 Å². The fourth-order valence-corrected chi connectivity index (χ4v) is 10.7. The normalized spacial score (nSPS) is 40.0. The molecule has 0 aliphatic carbocycles. The number of rotatable bonds is 14. The van der Waals surface area contributed by atoms with Crippen molar-refractivity contribution in [3.05, 3.63) is 28.3 Å². The molecule has 1 aromatic rings. The maximum atomic E-state index is 14.6. The summed E-state index contributed by atoms with van der Waals surface area (Å²) in [6.07, 6.45) is -8.76. The van der Waals surface area contributed by atoms with Crippen LogP contribution in [0.15, 0.2) is 18.2 Å². The number of cyclic esters (lactones) is 1. The van der Waals surface area contributed by atoms with E-state index in [1.807, 2.05) is 37.7 Å². The first-order valence-corrected chi connectivity index (χ1v) is 24.7. The zero-order valence-corrected chi connectivity index (χ0v) is 43.9. The van der Waals surface area contributed by atoms with Crippen LogP contribution >= 0.6 is 12.2 Å². The Balaban J connectivity index is 1.72. The molecule has 3 aliphatic heterocycles. The molecule has 3 fully saturated rings. The highest BCUT2D eigenvalue weighted by molar-refractivity contribution is 7.80. The second-order valence-electron chi connectivity index (χ2n) is 20.6. The van der Waals surface area contributed by atoms with E-state index < -0.39 is 101 Å². The summed E-state index contributed by atoms with van der Waals surface area (Å²) < 4.78 is 43.4. The summed E-state index contributed by atoms with van der Waals surface area (Å²) in [5, 5.41) is 77.7. The van der Waals surface area contributed by atoms with Crippen LogP contribution in [-0.2, 0) is 33.2 Å². The van der Waals surface area contributed by atoms with Crippen LogP contribution < -0.4 is 15.4 Å². The minimum absolute atomic E-state index is 0.0873. The number of aliphatic hydroxyl groups is 5. The van der Waals surface area contributed by atoms with Gasteiger partial charge in [0.15, 0.2) is 17.7 Å². The number of ether oxygens (including phenoxy) is 7. The molecule has 0 radical (unpaired) electrons. The van der Waals surface area contributed by atoms with Gasteiger partial charge in [0.2, 0.25) is 0 Å². The van der Waals surface area contributed by atoms with Gasteiger partial charge < -0.3 is 74.2 Å². The van der Waals surface area contributed by atoms with Crippen LogP contribution in [0.1, 0.15) is 101 Å². The monoisotopic (exact) mass is 1000 g/mol. The van der Waals surface area contributed by atoms with Crippen molar-refractivity contribution in [2.45, 2.75) is 192 Å². The fraction of sp³-hybridized carbons (Fsp3) is 0.833. The molecule has 20 nitrogen and oxygen atoms in total. The van der Waals surface area contributed by atoms with E-state index >= 15 is 0 Å². The zero-order valence-electron chi connectivity index (χ0n) is 43.1. The molecule has 0 bridgehead atoms. The molecule has 1 aromatic carbocycles. The average molecular weight is 1000 g/mol. The van der Waals surface area contributed by atoms with Gasteiger partial charge in [0.25, 0.3) is 5.69 Å². The quantitative estimate of drug-likeness (QED) is 0.0462. The standard InChI is InChI=1S/C48H83N5O15S/c1-15-36-48(10,59)40(55)30(6)52(20-16-19-49-45(69)50-33-18-17-32(53(60)61)22-35(33)62-13)25-26(2)23-46(8,58)42(68-44-38(54)34(51(11)12)21-27(3)64-44)28(4)39(29(5)43(57)66-36)67-37-24-47(9,63-14)41(56)31(7)65-37/h17-18,22,26-31,34,36-42,44,54-56,58-59H,15-16,19-21,23-25H2,1-14H3,(H2,49,50,69)/t26-,27-,28+,29-,30-,31+,34+,36-,37+,38-,39+,40-,41+,42-,44+,46-,47-,48-/m1/s1. The molecule has 0 amide bonds. The van der Waals surface area contributed by atoms with E-state index in [-0.39, 0.29) is 53.9 Å². The Morgan fingerprint density at radius 1 is 1.01 bits per heavy atom. The summed E-state index contributed by atoms with van der Waals surface area (Å²) in [6.45, 7) is 18.5. The van der Waals surface area contributed by atoms with E-state index in [9.17, 15) is 40.4 Å². The van der Waals surface area contributed by atoms with Crippen molar-refractivity contribution < 1.29 is 68.4 Å². The van der Waals surface area contributed by atoms with Crippen molar-refractivity contribution >= 4 is 34.7 Å².